The summed E-state index contributed by atoms with van der Waals surface area (Å²) in [6.45, 7) is 3.62. The molecule has 0 aliphatic heterocycles. The molecule has 0 bridgehead atoms. The first kappa shape index (κ1) is 13.9. The zero-order valence-corrected chi connectivity index (χ0v) is 11.3. The summed E-state index contributed by atoms with van der Waals surface area (Å²) >= 11 is 0. The highest BCUT2D eigenvalue weighted by Crippen LogP contribution is 2.25. The van der Waals surface area contributed by atoms with Crippen LogP contribution in [-0.2, 0) is 4.79 Å². The first-order valence-corrected chi connectivity index (χ1v) is 6.61. The maximum atomic E-state index is 11.8. The van der Waals surface area contributed by atoms with Gasteiger partial charge in [0, 0.05) is 12.1 Å². The topological polar surface area (TPSA) is 41.1 Å². The number of nitrogens with one attached hydrogen (secondary N) is 2. The van der Waals surface area contributed by atoms with Crippen molar-refractivity contribution < 1.29 is 4.79 Å². The molecule has 0 saturated carbocycles. The van der Waals surface area contributed by atoms with E-state index < -0.39 is 0 Å². The molecule has 102 valence electrons. The molecule has 2 N–H and O–H groups in total. The summed E-state index contributed by atoms with van der Waals surface area (Å²) in [7, 11) is 0. The molecule has 0 aromatic heterocycles. The Bertz CT molecular complexity index is 579. The number of allylic oxidation sites excluding steroid dienone is 1. The molecule has 0 spiro atoms. The number of benzene rings is 2. The van der Waals surface area contributed by atoms with Crippen LogP contribution in [0.4, 0.5) is 17.1 Å². The number of carbonyl (C=O) groups is 1. The van der Waals surface area contributed by atoms with Crippen molar-refractivity contribution in [1.82, 2.24) is 0 Å². The average Bonchev–Trinajstić information content (AvgIpc) is 2.48. The van der Waals surface area contributed by atoms with Crippen LogP contribution < -0.4 is 10.6 Å². The van der Waals surface area contributed by atoms with Crippen LogP contribution >= 0.6 is 0 Å². The van der Waals surface area contributed by atoms with Gasteiger partial charge >= 0.3 is 0 Å². The van der Waals surface area contributed by atoms with Crippen LogP contribution in [0, 0.1) is 0 Å². The monoisotopic (exact) mass is 266 g/mol. The van der Waals surface area contributed by atoms with Crippen molar-refractivity contribution in [3.8, 4) is 0 Å². The maximum Gasteiger partial charge on any atom is 0.224 e. The van der Waals surface area contributed by atoms with Gasteiger partial charge < -0.3 is 10.6 Å². The summed E-state index contributed by atoms with van der Waals surface area (Å²) in [6.07, 6.45) is 2.87. The summed E-state index contributed by atoms with van der Waals surface area (Å²) < 4.78 is 0. The lowest BCUT2D eigenvalue weighted by atomic mass is 10.2. The van der Waals surface area contributed by atoms with E-state index in [9.17, 15) is 4.79 Å². The fourth-order valence-electron chi connectivity index (χ4n) is 1.82. The molecule has 0 unspecified atom stereocenters. The van der Waals surface area contributed by atoms with Gasteiger partial charge in [-0.2, -0.15) is 0 Å². The quantitative estimate of drug-likeness (QED) is 0.764. The third kappa shape index (κ3) is 3.99. The van der Waals surface area contributed by atoms with Gasteiger partial charge in [-0.1, -0.05) is 36.4 Å². The molecule has 20 heavy (non-hydrogen) atoms. The van der Waals surface area contributed by atoms with Crippen molar-refractivity contribution in [2.75, 3.05) is 10.6 Å². The molecular formula is C17H18N2O. The molecule has 3 nitrogen and oxygen atoms in total. The van der Waals surface area contributed by atoms with Crippen LogP contribution in [0.15, 0.2) is 67.3 Å². The molecule has 2 aromatic rings. The standard InChI is InChI=1S/C17H18N2O/c1-2-3-13-17(20)19-16-12-8-7-11-15(16)18-14-9-5-4-6-10-14/h2,4-12,18H,1,3,13H2,(H,19,20). The highest BCUT2D eigenvalue weighted by atomic mass is 16.1. The third-order valence-corrected chi connectivity index (χ3v) is 2.83. The van der Waals surface area contributed by atoms with E-state index in [-0.39, 0.29) is 5.91 Å². The smallest absolute Gasteiger partial charge is 0.224 e. The van der Waals surface area contributed by atoms with Gasteiger partial charge in [0.1, 0.15) is 0 Å². The molecule has 2 aromatic carbocycles. The molecule has 0 heterocycles. The zero-order valence-electron chi connectivity index (χ0n) is 11.3. The van der Waals surface area contributed by atoms with Crippen LogP contribution in [0.1, 0.15) is 12.8 Å². The fourth-order valence-corrected chi connectivity index (χ4v) is 1.82. The normalized spacial score (nSPS) is 9.80. The fraction of sp³-hybridized carbons (Fsp3) is 0.118. The van der Waals surface area contributed by atoms with Crippen molar-refractivity contribution in [2.45, 2.75) is 12.8 Å². The predicted molar refractivity (Wildman–Crippen MR) is 84.2 cm³/mol. The summed E-state index contributed by atoms with van der Waals surface area (Å²) in [5.41, 5.74) is 2.65. The number of amides is 1. The minimum Gasteiger partial charge on any atom is -0.354 e. The lowest BCUT2D eigenvalue weighted by molar-refractivity contribution is -0.116. The van der Waals surface area contributed by atoms with E-state index in [0.717, 1.165) is 17.1 Å². The van der Waals surface area contributed by atoms with E-state index in [1.54, 1.807) is 6.08 Å². The third-order valence-electron chi connectivity index (χ3n) is 2.83. The van der Waals surface area contributed by atoms with Crippen molar-refractivity contribution in [2.24, 2.45) is 0 Å². The molecular weight excluding hydrogens is 248 g/mol. The summed E-state index contributed by atoms with van der Waals surface area (Å²) in [4.78, 5) is 11.8. The Morgan fingerprint density at radius 3 is 2.35 bits per heavy atom. The van der Waals surface area contributed by atoms with Crippen LogP contribution in [0.2, 0.25) is 0 Å². The Morgan fingerprint density at radius 1 is 1.00 bits per heavy atom. The van der Waals surface area contributed by atoms with E-state index in [0.29, 0.717) is 12.8 Å². The highest BCUT2D eigenvalue weighted by Gasteiger charge is 2.05. The Hall–Kier alpha value is -2.55. The Kier molecular flexibility index (Phi) is 4.95. The first-order valence-electron chi connectivity index (χ1n) is 6.61. The minimum atomic E-state index is -0.00721. The van der Waals surface area contributed by atoms with Gasteiger partial charge in [-0.25, -0.2) is 0 Å². The Labute approximate surface area is 119 Å². The first-order chi connectivity index (χ1) is 9.79. The predicted octanol–water partition coefficient (Wildman–Crippen LogP) is 4.33. The van der Waals surface area contributed by atoms with E-state index >= 15 is 0 Å². The molecule has 0 saturated heterocycles. The van der Waals surface area contributed by atoms with Crippen LogP contribution in [0.3, 0.4) is 0 Å². The van der Waals surface area contributed by atoms with Crippen LogP contribution in [0.25, 0.3) is 0 Å². The molecule has 0 atom stereocenters. The Morgan fingerprint density at radius 2 is 1.65 bits per heavy atom. The molecule has 1 amide bonds. The molecule has 2 rings (SSSR count). The lowest BCUT2D eigenvalue weighted by Crippen LogP contribution is -2.12. The molecule has 3 heteroatoms. The molecule has 0 aliphatic rings. The van der Waals surface area contributed by atoms with Gasteiger partial charge in [0.2, 0.25) is 5.91 Å². The van der Waals surface area contributed by atoms with Gasteiger partial charge in [0.25, 0.3) is 0 Å². The van der Waals surface area contributed by atoms with Gasteiger partial charge in [-0.15, -0.1) is 6.58 Å². The zero-order chi connectivity index (χ0) is 14.2. The van der Waals surface area contributed by atoms with Gasteiger partial charge in [-0.05, 0) is 30.7 Å². The van der Waals surface area contributed by atoms with Gasteiger partial charge in [0.05, 0.1) is 11.4 Å². The van der Waals surface area contributed by atoms with Gasteiger partial charge in [-0.3, -0.25) is 4.79 Å². The maximum absolute atomic E-state index is 11.8. The lowest BCUT2D eigenvalue weighted by Gasteiger charge is -2.12. The average molecular weight is 266 g/mol. The second-order valence-corrected chi connectivity index (χ2v) is 4.41. The van der Waals surface area contributed by atoms with Crippen molar-refractivity contribution in [3.63, 3.8) is 0 Å². The van der Waals surface area contributed by atoms with Crippen molar-refractivity contribution in [1.29, 1.82) is 0 Å². The van der Waals surface area contributed by atoms with E-state index in [1.165, 1.54) is 0 Å². The molecule has 0 radical (unpaired) electrons. The summed E-state index contributed by atoms with van der Waals surface area (Å²) in [5, 5.41) is 6.22. The summed E-state index contributed by atoms with van der Waals surface area (Å²) in [5.74, 6) is -0.00721. The number of rotatable bonds is 6. The summed E-state index contributed by atoms with van der Waals surface area (Å²) in [6, 6.07) is 17.5. The van der Waals surface area contributed by atoms with Crippen molar-refractivity contribution >= 4 is 23.0 Å². The molecule has 0 fully saturated rings. The number of hydrogen-bond acceptors (Lipinski definition) is 2. The SMILES string of the molecule is C=CCCC(=O)Nc1ccccc1Nc1ccccc1. The Balaban J connectivity index is 2.10. The van der Waals surface area contributed by atoms with Crippen LogP contribution in [-0.4, -0.2) is 5.91 Å². The number of anilines is 3. The van der Waals surface area contributed by atoms with Gasteiger partial charge in [0.15, 0.2) is 0 Å². The van der Waals surface area contributed by atoms with E-state index in [4.69, 9.17) is 0 Å². The minimum absolute atomic E-state index is 0.00721. The highest BCUT2D eigenvalue weighted by molar-refractivity contribution is 5.94. The largest absolute Gasteiger partial charge is 0.354 e. The molecule has 0 aliphatic carbocycles. The number of hydrogen-bond donors (Lipinski definition) is 2. The van der Waals surface area contributed by atoms with Crippen LogP contribution in [0.5, 0.6) is 0 Å². The second kappa shape index (κ2) is 7.14. The number of carbonyl (C=O) groups excluding carboxylic acids is 1. The second-order valence-electron chi connectivity index (χ2n) is 4.41. The number of para-hydroxylation sites is 3. The van der Waals surface area contributed by atoms with E-state index in [1.807, 2.05) is 54.6 Å². The van der Waals surface area contributed by atoms with E-state index in [2.05, 4.69) is 17.2 Å². The van der Waals surface area contributed by atoms with Crippen molar-refractivity contribution in [3.05, 3.63) is 67.3 Å².